The molecule has 0 saturated heterocycles. The monoisotopic (exact) mass is 577 g/mol. The van der Waals surface area contributed by atoms with Gasteiger partial charge in [0.05, 0.1) is 44.9 Å². The number of anilines is 1. The highest BCUT2D eigenvalue weighted by Gasteiger charge is 2.38. The van der Waals surface area contributed by atoms with Gasteiger partial charge in [0.25, 0.3) is 11.8 Å². The molecule has 11 heteroatoms. The number of carbonyl (C=O) groups excluding carboxylic acids is 2. The van der Waals surface area contributed by atoms with Crippen LogP contribution in [0.15, 0.2) is 45.0 Å². The van der Waals surface area contributed by atoms with Crippen LogP contribution >= 0.6 is 15.9 Å². The van der Waals surface area contributed by atoms with E-state index in [0.717, 1.165) is 21.5 Å². The zero-order valence-corrected chi connectivity index (χ0v) is 22.3. The van der Waals surface area contributed by atoms with Crippen LogP contribution in [0.3, 0.4) is 0 Å². The van der Waals surface area contributed by atoms with Crippen LogP contribution in [0.5, 0.6) is 5.75 Å². The highest BCUT2D eigenvalue weighted by molar-refractivity contribution is 9.10. The van der Waals surface area contributed by atoms with Crippen molar-refractivity contribution in [1.82, 2.24) is 4.90 Å². The van der Waals surface area contributed by atoms with Crippen molar-refractivity contribution >= 4 is 55.6 Å². The van der Waals surface area contributed by atoms with Crippen molar-refractivity contribution in [2.45, 2.75) is 19.4 Å². The van der Waals surface area contributed by atoms with E-state index in [1.807, 2.05) is 17.0 Å². The molecule has 2 aliphatic heterocycles. The number of phenolic OH excluding ortho intramolecular Hbond substituents is 1. The number of ether oxygens (including phenoxy) is 1. The fourth-order valence-corrected chi connectivity index (χ4v) is 5.80. The summed E-state index contributed by atoms with van der Waals surface area (Å²) < 4.78 is 5.46. The Bertz CT molecular complexity index is 1560. The molecule has 0 saturated carbocycles. The second-order valence-electron chi connectivity index (χ2n) is 9.08. The molecule has 1 unspecified atom stereocenters. The minimum absolute atomic E-state index is 0.00458. The topological polar surface area (TPSA) is 139 Å². The average Bonchev–Trinajstić information content (AvgIpc) is 3.14. The first kappa shape index (κ1) is 25.8. The van der Waals surface area contributed by atoms with Crippen LogP contribution in [0.4, 0.5) is 17.1 Å². The van der Waals surface area contributed by atoms with Crippen molar-refractivity contribution < 1.29 is 24.5 Å². The molecule has 0 fully saturated rings. The molecule has 10 nitrogen and oxygen atoms in total. The molecule has 0 radical (unpaired) electrons. The SMILES string of the molecule is CCN1C(=O)c2cc(C#N)c(N=Nc3cc4c(c5cccc(O)c35)N(CCOC)CC(O)C4)c(Br)c2C1=O. The lowest BCUT2D eigenvalue weighted by Crippen LogP contribution is -2.40. The second kappa shape index (κ2) is 10.1. The number of imide groups is 1. The van der Waals surface area contributed by atoms with Gasteiger partial charge in [0.15, 0.2) is 0 Å². The largest absolute Gasteiger partial charge is 0.507 e. The van der Waals surface area contributed by atoms with E-state index in [1.165, 1.54) is 6.07 Å². The molecule has 194 valence electrons. The summed E-state index contributed by atoms with van der Waals surface area (Å²) in [6.07, 6.45) is -0.206. The van der Waals surface area contributed by atoms with Gasteiger partial charge in [0.2, 0.25) is 0 Å². The molecule has 2 heterocycles. The Morgan fingerprint density at radius 2 is 2.03 bits per heavy atom. The number of amides is 2. The number of aliphatic hydroxyl groups is 1. The first-order valence-electron chi connectivity index (χ1n) is 12.0. The number of rotatable bonds is 6. The lowest BCUT2D eigenvalue weighted by atomic mass is 9.93. The maximum Gasteiger partial charge on any atom is 0.262 e. The molecule has 2 aliphatic rings. The molecule has 2 amide bonds. The van der Waals surface area contributed by atoms with Gasteiger partial charge in [-0.25, -0.2) is 0 Å². The Labute approximate surface area is 226 Å². The molecule has 5 rings (SSSR count). The summed E-state index contributed by atoms with van der Waals surface area (Å²) in [6.45, 7) is 3.35. The number of phenols is 1. The number of carbonyl (C=O) groups is 2. The first-order valence-corrected chi connectivity index (χ1v) is 12.8. The van der Waals surface area contributed by atoms with Crippen molar-refractivity contribution in [2.24, 2.45) is 10.2 Å². The Morgan fingerprint density at radius 1 is 1.24 bits per heavy atom. The minimum Gasteiger partial charge on any atom is -0.507 e. The number of hydrogen-bond donors (Lipinski definition) is 2. The predicted molar refractivity (Wildman–Crippen MR) is 143 cm³/mol. The third kappa shape index (κ3) is 4.11. The van der Waals surface area contributed by atoms with Crippen LogP contribution in [0, 0.1) is 11.3 Å². The van der Waals surface area contributed by atoms with Gasteiger partial charge in [-0.15, -0.1) is 10.2 Å². The second-order valence-corrected chi connectivity index (χ2v) is 9.87. The lowest BCUT2D eigenvalue weighted by molar-refractivity contribution is 0.0662. The quantitative estimate of drug-likeness (QED) is 0.323. The van der Waals surface area contributed by atoms with Gasteiger partial charge >= 0.3 is 0 Å². The van der Waals surface area contributed by atoms with Gasteiger partial charge in [-0.05, 0) is 46.6 Å². The number of nitrogens with zero attached hydrogens (tertiary/aromatic N) is 5. The Kier molecular flexibility index (Phi) is 6.88. The van der Waals surface area contributed by atoms with Gasteiger partial charge in [-0.3, -0.25) is 14.5 Å². The highest BCUT2D eigenvalue weighted by atomic mass is 79.9. The number of hydrogen-bond acceptors (Lipinski definition) is 9. The lowest BCUT2D eigenvalue weighted by Gasteiger charge is -2.35. The predicted octanol–water partition coefficient (Wildman–Crippen LogP) is 4.58. The molecule has 38 heavy (non-hydrogen) atoms. The van der Waals surface area contributed by atoms with E-state index < -0.39 is 17.9 Å². The van der Waals surface area contributed by atoms with Crippen LogP contribution in [-0.2, 0) is 11.2 Å². The van der Waals surface area contributed by atoms with Crippen LogP contribution in [-0.4, -0.2) is 66.4 Å². The van der Waals surface area contributed by atoms with E-state index in [2.05, 4.69) is 26.2 Å². The van der Waals surface area contributed by atoms with E-state index in [4.69, 9.17) is 4.74 Å². The fourth-order valence-electron chi connectivity index (χ4n) is 5.13. The van der Waals surface area contributed by atoms with E-state index in [-0.39, 0.29) is 39.1 Å². The number of methoxy groups -OCH3 is 1. The summed E-state index contributed by atoms with van der Waals surface area (Å²) in [5.41, 5.74) is 2.52. The maximum atomic E-state index is 12.9. The summed E-state index contributed by atoms with van der Waals surface area (Å²) in [5, 5.41) is 41.1. The number of benzene rings is 3. The Balaban J connectivity index is 1.67. The van der Waals surface area contributed by atoms with Crippen LogP contribution in [0.2, 0.25) is 0 Å². The van der Waals surface area contributed by atoms with Crippen molar-refractivity contribution in [3.8, 4) is 11.8 Å². The number of halogens is 1. The van der Waals surface area contributed by atoms with Gasteiger partial charge < -0.3 is 19.8 Å². The normalized spacial score (nSPS) is 16.9. The summed E-state index contributed by atoms with van der Waals surface area (Å²) >= 11 is 3.38. The maximum absolute atomic E-state index is 12.9. The molecular weight excluding hydrogens is 554 g/mol. The molecule has 2 N–H and O–H groups in total. The third-order valence-corrected chi connectivity index (χ3v) is 7.58. The van der Waals surface area contributed by atoms with Crippen molar-refractivity contribution in [3.63, 3.8) is 0 Å². The molecule has 0 spiro atoms. The molecule has 0 aliphatic carbocycles. The minimum atomic E-state index is -0.597. The van der Waals surface area contributed by atoms with Gasteiger partial charge in [0, 0.05) is 44.2 Å². The number of azo groups is 1. The molecule has 0 bridgehead atoms. The van der Waals surface area contributed by atoms with Crippen LogP contribution < -0.4 is 4.90 Å². The molecular formula is C27H24BrN5O5. The smallest absolute Gasteiger partial charge is 0.262 e. The van der Waals surface area contributed by atoms with Crippen molar-refractivity contribution in [1.29, 1.82) is 5.26 Å². The van der Waals surface area contributed by atoms with E-state index in [1.54, 1.807) is 32.2 Å². The van der Waals surface area contributed by atoms with Gasteiger partial charge in [0.1, 0.15) is 17.5 Å². The third-order valence-electron chi connectivity index (χ3n) is 6.81. The standard InChI is InChI=1S/C27H24BrN5O5/c1-3-33-26(36)18-10-15(12-29)24(23(28)22(18)27(33)37)31-30-19-11-14-9-16(34)13-32(7-8-38-2)25(14)17-5-4-6-20(35)21(17)19/h4-6,10-11,16,34-35H,3,7-9,13H2,1-2H3. The Morgan fingerprint density at radius 3 is 2.74 bits per heavy atom. The summed E-state index contributed by atoms with van der Waals surface area (Å²) in [5.74, 6) is -0.928. The van der Waals surface area contributed by atoms with E-state index in [9.17, 15) is 25.1 Å². The molecule has 3 aromatic rings. The fraction of sp³-hybridized carbons (Fsp3) is 0.296. The van der Waals surface area contributed by atoms with Crippen LogP contribution in [0.25, 0.3) is 10.8 Å². The summed E-state index contributed by atoms with van der Waals surface area (Å²) in [4.78, 5) is 28.6. The van der Waals surface area contributed by atoms with E-state index >= 15 is 0 Å². The van der Waals surface area contributed by atoms with E-state index in [0.29, 0.717) is 37.2 Å². The number of nitriles is 1. The van der Waals surface area contributed by atoms with Gasteiger partial charge in [-0.1, -0.05) is 12.1 Å². The van der Waals surface area contributed by atoms with Gasteiger partial charge in [-0.2, -0.15) is 5.26 Å². The zero-order valence-electron chi connectivity index (χ0n) is 20.7. The number of aliphatic hydroxyl groups excluding tert-OH is 1. The summed E-state index contributed by atoms with van der Waals surface area (Å²) in [6, 6.07) is 10.3. The first-order chi connectivity index (χ1) is 18.3. The van der Waals surface area contributed by atoms with Crippen molar-refractivity contribution in [2.75, 3.05) is 38.3 Å². The molecule has 3 aromatic carbocycles. The number of aromatic hydroxyl groups is 1. The number of β-amino-alcohol motifs (C(OH)–C–C–N with tert-alkyl or cyclic N) is 1. The highest BCUT2D eigenvalue weighted by Crippen LogP contribution is 2.45. The number of fused-ring (bicyclic) bond motifs is 4. The molecule has 1 atom stereocenters. The zero-order chi connectivity index (χ0) is 27.1. The van der Waals surface area contributed by atoms with Crippen LogP contribution in [0.1, 0.15) is 38.8 Å². The summed E-state index contributed by atoms with van der Waals surface area (Å²) in [7, 11) is 1.62. The van der Waals surface area contributed by atoms with Crippen molar-refractivity contribution in [3.05, 3.63) is 57.1 Å². The molecule has 0 aromatic heterocycles. The Hall–Kier alpha value is -3.85. The average molecular weight is 578 g/mol.